The maximum atomic E-state index is 6.28. The van der Waals surface area contributed by atoms with Gasteiger partial charge in [0.2, 0.25) is 0 Å². The van der Waals surface area contributed by atoms with Crippen molar-refractivity contribution in [3.8, 4) is 28.1 Å². The molecule has 21 heavy (non-hydrogen) atoms. The fraction of sp³-hybridized carbons (Fsp3) is 0.0625. The van der Waals surface area contributed by atoms with Gasteiger partial charge in [0.15, 0.2) is 5.82 Å². The van der Waals surface area contributed by atoms with E-state index in [4.69, 9.17) is 22.1 Å². The Morgan fingerprint density at radius 1 is 1.10 bits per heavy atom. The van der Waals surface area contributed by atoms with Crippen LogP contribution in [0.1, 0.15) is 0 Å². The highest BCUT2D eigenvalue weighted by Gasteiger charge is 2.16. The van der Waals surface area contributed by atoms with Crippen molar-refractivity contribution in [2.24, 2.45) is 0 Å². The molecule has 4 nitrogen and oxygen atoms in total. The minimum absolute atomic E-state index is 0.425. The van der Waals surface area contributed by atoms with Gasteiger partial charge in [-0.05, 0) is 30.3 Å². The predicted octanol–water partition coefficient (Wildman–Crippen LogP) is 3.99. The van der Waals surface area contributed by atoms with Crippen LogP contribution in [0.2, 0.25) is 5.02 Å². The Kier molecular flexibility index (Phi) is 3.54. The van der Waals surface area contributed by atoms with E-state index in [1.54, 1.807) is 7.11 Å². The number of aromatic nitrogens is 2. The first-order chi connectivity index (χ1) is 10.2. The molecule has 0 aliphatic heterocycles. The maximum absolute atomic E-state index is 6.28. The number of aromatic amines is 1. The summed E-state index contributed by atoms with van der Waals surface area (Å²) in [5.74, 6) is 1.22. The number of hydrogen-bond donors (Lipinski definition) is 2. The molecule has 0 fully saturated rings. The van der Waals surface area contributed by atoms with Crippen molar-refractivity contribution in [2.45, 2.75) is 0 Å². The molecule has 5 heteroatoms. The summed E-state index contributed by atoms with van der Waals surface area (Å²) < 4.78 is 5.17. The van der Waals surface area contributed by atoms with E-state index in [1.165, 1.54) is 0 Å². The molecule has 3 N–H and O–H groups in total. The zero-order chi connectivity index (χ0) is 14.8. The molecule has 0 spiro atoms. The van der Waals surface area contributed by atoms with E-state index in [0.29, 0.717) is 10.8 Å². The van der Waals surface area contributed by atoms with Gasteiger partial charge in [-0.15, -0.1) is 0 Å². The number of rotatable bonds is 3. The van der Waals surface area contributed by atoms with Gasteiger partial charge >= 0.3 is 0 Å². The van der Waals surface area contributed by atoms with Crippen molar-refractivity contribution in [3.05, 3.63) is 53.6 Å². The average Bonchev–Trinajstić information content (AvgIpc) is 2.89. The maximum Gasteiger partial charge on any atom is 0.153 e. The fourth-order valence-corrected chi connectivity index (χ4v) is 2.49. The van der Waals surface area contributed by atoms with Crippen LogP contribution in [0.15, 0.2) is 48.5 Å². The van der Waals surface area contributed by atoms with Gasteiger partial charge in [-0.2, -0.15) is 5.10 Å². The van der Waals surface area contributed by atoms with E-state index >= 15 is 0 Å². The normalized spacial score (nSPS) is 10.6. The summed E-state index contributed by atoms with van der Waals surface area (Å²) >= 11 is 6.28. The molecule has 0 bridgehead atoms. The van der Waals surface area contributed by atoms with Gasteiger partial charge in [0.1, 0.15) is 5.75 Å². The summed E-state index contributed by atoms with van der Waals surface area (Å²) in [7, 11) is 1.64. The zero-order valence-electron chi connectivity index (χ0n) is 11.4. The highest BCUT2D eigenvalue weighted by atomic mass is 35.5. The van der Waals surface area contributed by atoms with E-state index in [1.807, 2.05) is 48.5 Å². The first-order valence-electron chi connectivity index (χ1n) is 6.44. The fourth-order valence-electron chi connectivity index (χ4n) is 2.26. The lowest BCUT2D eigenvalue weighted by Gasteiger charge is -2.07. The Morgan fingerprint density at radius 2 is 1.81 bits per heavy atom. The number of methoxy groups -OCH3 is 1. The largest absolute Gasteiger partial charge is 0.497 e. The van der Waals surface area contributed by atoms with Crippen LogP contribution in [-0.4, -0.2) is 17.3 Å². The molecule has 2 aromatic carbocycles. The van der Waals surface area contributed by atoms with Crippen LogP contribution in [-0.2, 0) is 0 Å². The van der Waals surface area contributed by atoms with Crippen LogP contribution in [0.4, 0.5) is 5.82 Å². The Morgan fingerprint density at radius 3 is 2.48 bits per heavy atom. The van der Waals surface area contributed by atoms with Crippen LogP contribution < -0.4 is 10.5 Å². The number of nitrogens with one attached hydrogen (secondary N) is 1. The van der Waals surface area contributed by atoms with E-state index < -0.39 is 0 Å². The first kappa shape index (κ1) is 13.5. The van der Waals surface area contributed by atoms with Crippen molar-refractivity contribution < 1.29 is 4.74 Å². The van der Waals surface area contributed by atoms with Crippen molar-refractivity contribution in [2.75, 3.05) is 12.8 Å². The Balaban J connectivity index is 2.15. The lowest BCUT2D eigenvalue weighted by molar-refractivity contribution is 0.415. The van der Waals surface area contributed by atoms with Crippen LogP contribution >= 0.6 is 11.6 Å². The van der Waals surface area contributed by atoms with Crippen LogP contribution in [0.3, 0.4) is 0 Å². The van der Waals surface area contributed by atoms with E-state index in [0.717, 1.165) is 28.1 Å². The molecular formula is C16H14ClN3O. The van der Waals surface area contributed by atoms with E-state index in [9.17, 15) is 0 Å². The SMILES string of the molecule is COc1ccc(-c2[nH]nc(N)c2-c2ccccc2Cl)cc1. The molecule has 3 rings (SSSR count). The van der Waals surface area contributed by atoms with Gasteiger partial charge in [0, 0.05) is 16.1 Å². The van der Waals surface area contributed by atoms with Gasteiger partial charge in [-0.25, -0.2) is 0 Å². The third-order valence-electron chi connectivity index (χ3n) is 3.32. The van der Waals surface area contributed by atoms with Crippen LogP contribution in [0.25, 0.3) is 22.4 Å². The Labute approximate surface area is 127 Å². The molecular weight excluding hydrogens is 286 g/mol. The first-order valence-corrected chi connectivity index (χ1v) is 6.81. The number of nitrogens with two attached hydrogens (primary N) is 1. The van der Waals surface area contributed by atoms with Gasteiger partial charge in [0.05, 0.1) is 18.4 Å². The van der Waals surface area contributed by atoms with E-state index in [2.05, 4.69) is 10.2 Å². The molecule has 3 aromatic rings. The molecule has 0 aliphatic carbocycles. The number of anilines is 1. The van der Waals surface area contributed by atoms with Gasteiger partial charge in [-0.1, -0.05) is 29.8 Å². The van der Waals surface area contributed by atoms with E-state index in [-0.39, 0.29) is 0 Å². The summed E-state index contributed by atoms with van der Waals surface area (Å²) in [4.78, 5) is 0. The van der Waals surface area contributed by atoms with Crippen molar-refractivity contribution in [1.82, 2.24) is 10.2 Å². The molecule has 0 aliphatic rings. The molecule has 0 atom stereocenters. The zero-order valence-corrected chi connectivity index (χ0v) is 12.2. The molecule has 1 aromatic heterocycles. The lowest BCUT2D eigenvalue weighted by Crippen LogP contribution is -1.89. The number of nitrogen functional groups attached to an aromatic ring is 1. The molecule has 0 radical (unpaired) electrons. The Hall–Kier alpha value is -2.46. The van der Waals surface area contributed by atoms with Crippen molar-refractivity contribution in [3.63, 3.8) is 0 Å². The summed E-state index contributed by atoms with van der Waals surface area (Å²) in [6, 6.07) is 15.3. The van der Waals surface area contributed by atoms with Gasteiger partial charge in [0.25, 0.3) is 0 Å². The molecule has 0 saturated heterocycles. The number of benzene rings is 2. The highest BCUT2D eigenvalue weighted by molar-refractivity contribution is 6.33. The summed E-state index contributed by atoms with van der Waals surface area (Å²) in [5, 5.41) is 7.73. The second kappa shape index (κ2) is 5.50. The number of nitrogens with zero attached hydrogens (tertiary/aromatic N) is 1. The molecule has 0 amide bonds. The molecule has 1 heterocycles. The molecule has 0 unspecified atom stereocenters. The topological polar surface area (TPSA) is 63.9 Å². The second-order valence-corrected chi connectivity index (χ2v) is 4.97. The third kappa shape index (κ3) is 2.45. The monoisotopic (exact) mass is 299 g/mol. The summed E-state index contributed by atoms with van der Waals surface area (Å²) in [6.45, 7) is 0. The smallest absolute Gasteiger partial charge is 0.153 e. The minimum atomic E-state index is 0.425. The van der Waals surface area contributed by atoms with Crippen molar-refractivity contribution >= 4 is 17.4 Å². The highest BCUT2D eigenvalue weighted by Crippen LogP contribution is 2.38. The third-order valence-corrected chi connectivity index (χ3v) is 3.65. The van der Waals surface area contributed by atoms with Crippen LogP contribution in [0, 0.1) is 0 Å². The van der Waals surface area contributed by atoms with Crippen LogP contribution in [0.5, 0.6) is 5.75 Å². The molecule has 106 valence electrons. The lowest BCUT2D eigenvalue weighted by atomic mass is 10.0. The quantitative estimate of drug-likeness (QED) is 0.768. The predicted molar refractivity (Wildman–Crippen MR) is 85.4 cm³/mol. The van der Waals surface area contributed by atoms with Crippen molar-refractivity contribution in [1.29, 1.82) is 0 Å². The number of hydrogen-bond acceptors (Lipinski definition) is 3. The summed E-state index contributed by atoms with van der Waals surface area (Å²) in [6.07, 6.45) is 0. The second-order valence-electron chi connectivity index (χ2n) is 4.57. The minimum Gasteiger partial charge on any atom is -0.497 e. The number of halogens is 1. The summed E-state index contributed by atoms with van der Waals surface area (Å²) in [5.41, 5.74) is 9.48. The average molecular weight is 300 g/mol. The molecule has 0 saturated carbocycles. The number of H-pyrrole nitrogens is 1. The number of ether oxygens (including phenoxy) is 1. The van der Waals surface area contributed by atoms with Gasteiger partial charge < -0.3 is 10.5 Å². The van der Waals surface area contributed by atoms with Gasteiger partial charge in [-0.3, -0.25) is 5.10 Å². The Bertz CT molecular complexity index is 765. The standard InChI is InChI=1S/C16H14ClN3O/c1-21-11-8-6-10(7-9-11)15-14(16(18)20-19-15)12-4-2-3-5-13(12)17/h2-9H,1H3,(H3,18,19,20).